The molecule has 0 aliphatic heterocycles. The Bertz CT molecular complexity index is 364. The van der Waals surface area contributed by atoms with Gasteiger partial charge in [-0.25, -0.2) is 0 Å². The van der Waals surface area contributed by atoms with E-state index in [2.05, 4.69) is 80.1 Å². The van der Waals surface area contributed by atoms with Gasteiger partial charge in [-0.15, -0.1) is 0 Å². The maximum Gasteiger partial charge on any atom is 0.0322 e. The second kappa shape index (κ2) is 7.44. The second-order valence-corrected chi connectivity index (χ2v) is 7.48. The Morgan fingerprint density at radius 3 is 2.21 bits per heavy atom. The van der Waals surface area contributed by atoms with Gasteiger partial charge in [-0.3, -0.25) is 0 Å². The molecule has 0 aromatic heterocycles. The summed E-state index contributed by atoms with van der Waals surface area (Å²) in [7, 11) is 0. The van der Waals surface area contributed by atoms with Crippen molar-refractivity contribution in [3.05, 3.63) is 34.3 Å². The predicted octanol–water partition coefficient (Wildman–Crippen LogP) is 5.56. The van der Waals surface area contributed by atoms with Crippen molar-refractivity contribution < 1.29 is 0 Å². The van der Waals surface area contributed by atoms with Crippen LogP contribution in [-0.4, -0.2) is 6.54 Å². The molecule has 1 aromatic rings. The maximum atomic E-state index is 3.69. The summed E-state index contributed by atoms with van der Waals surface area (Å²) in [5.74, 6) is 0.686. The Hall–Kier alpha value is -0.340. The number of rotatable bonds is 6. The molecule has 0 heterocycles. The monoisotopic (exact) mass is 325 g/mol. The van der Waals surface area contributed by atoms with Gasteiger partial charge in [0, 0.05) is 10.5 Å². The van der Waals surface area contributed by atoms with Gasteiger partial charge in [0.05, 0.1) is 0 Å². The molecule has 0 radical (unpaired) electrons. The fourth-order valence-corrected chi connectivity index (χ4v) is 2.32. The highest BCUT2D eigenvalue weighted by Gasteiger charge is 2.24. The molecule has 0 aliphatic carbocycles. The molecular formula is C17H28BrN. The highest BCUT2D eigenvalue weighted by Crippen LogP contribution is 2.33. The summed E-state index contributed by atoms with van der Waals surface area (Å²) < 4.78 is 1.15. The van der Waals surface area contributed by atoms with E-state index in [1.54, 1.807) is 0 Å². The average Bonchev–Trinajstić information content (AvgIpc) is 2.34. The number of benzene rings is 1. The number of halogens is 1. The largest absolute Gasteiger partial charge is 0.310 e. The number of hydrogen-bond donors (Lipinski definition) is 1. The van der Waals surface area contributed by atoms with Crippen LogP contribution in [0.3, 0.4) is 0 Å². The van der Waals surface area contributed by atoms with Crippen molar-refractivity contribution >= 4 is 15.9 Å². The molecule has 2 unspecified atom stereocenters. The highest BCUT2D eigenvalue weighted by atomic mass is 79.9. The Morgan fingerprint density at radius 1 is 1.16 bits per heavy atom. The van der Waals surface area contributed by atoms with Gasteiger partial charge >= 0.3 is 0 Å². The molecule has 0 spiro atoms. The van der Waals surface area contributed by atoms with Gasteiger partial charge in [-0.2, -0.15) is 0 Å². The lowest BCUT2D eigenvalue weighted by molar-refractivity contribution is 0.223. The first kappa shape index (κ1) is 16.7. The topological polar surface area (TPSA) is 12.0 Å². The second-order valence-electron chi connectivity index (χ2n) is 6.56. The molecule has 0 saturated heterocycles. The fraction of sp³-hybridized carbons (Fsp3) is 0.647. The van der Waals surface area contributed by atoms with Gasteiger partial charge in [0.2, 0.25) is 0 Å². The van der Waals surface area contributed by atoms with Crippen molar-refractivity contribution in [1.82, 2.24) is 5.32 Å². The van der Waals surface area contributed by atoms with E-state index in [1.807, 2.05) is 0 Å². The molecule has 1 nitrogen and oxygen atoms in total. The summed E-state index contributed by atoms with van der Waals surface area (Å²) in [5.41, 5.74) is 1.76. The minimum absolute atomic E-state index is 0.363. The Kier molecular flexibility index (Phi) is 6.55. The molecule has 108 valence electrons. The lowest BCUT2D eigenvalue weighted by Crippen LogP contribution is -2.28. The first-order chi connectivity index (χ1) is 8.84. The van der Waals surface area contributed by atoms with Crippen LogP contribution >= 0.6 is 15.9 Å². The Morgan fingerprint density at radius 2 is 1.74 bits per heavy atom. The van der Waals surface area contributed by atoms with E-state index < -0.39 is 0 Å². The zero-order valence-corrected chi connectivity index (χ0v) is 14.5. The summed E-state index contributed by atoms with van der Waals surface area (Å²) >= 11 is 3.51. The molecule has 0 amide bonds. The lowest BCUT2D eigenvalue weighted by atomic mass is 9.77. The summed E-state index contributed by atoms with van der Waals surface area (Å²) in [6, 6.07) is 9.19. The standard InChI is InChI=1S/C17H28BrN/c1-6-11-19-16(12-13(2)17(3,4)5)14-7-9-15(18)10-8-14/h7-10,13,16,19H,6,11-12H2,1-5H3. The zero-order valence-electron chi connectivity index (χ0n) is 13.0. The quantitative estimate of drug-likeness (QED) is 0.721. The van der Waals surface area contributed by atoms with Crippen LogP contribution < -0.4 is 5.32 Å². The third-order valence-corrected chi connectivity index (χ3v) is 4.51. The molecule has 0 saturated carbocycles. The van der Waals surface area contributed by atoms with Crippen LogP contribution in [0.1, 0.15) is 59.1 Å². The SMILES string of the molecule is CCCNC(CC(C)C(C)(C)C)c1ccc(Br)cc1. The number of nitrogens with one attached hydrogen (secondary N) is 1. The molecule has 1 N–H and O–H groups in total. The predicted molar refractivity (Wildman–Crippen MR) is 88.4 cm³/mol. The molecule has 0 aliphatic rings. The van der Waals surface area contributed by atoms with E-state index in [4.69, 9.17) is 0 Å². The molecule has 1 rings (SSSR count). The van der Waals surface area contributed by atoms with Crippen molar-refractivity contribution in [3.63, 3.8) is 0 Å². The van der Waals surface area contributed by atoms with Gasteiger partial charge in [0.15, 0.2) is 0 Å². The van der Waals surface area contributed by atoms with Gasteiger partial charge in [-0.1, -0.05) is 62.7 Å². The van der Waals surface area contributed by atoms with Crippen LogP contribution in [0, 0.1) is 11.3 Å². The third-order valence-electron chi connectivity index (χ3n) is 3.98. The zero-order chi connectivity index (χ0) is 14.5. The molecule has 0 bridgehead atoms. The molecule has 2 heteroatoms. The summed E-state index contributed by atoms with van der Waals surface area (Å²) in [6.45, 7) is 12.7. The maximum absolute atomic E-state index is 3.69. The van der Waals surface area contributed by atoms with Gasteiger partial charge in [-0.05, 0) is 48.4 Å². The van der Waals surface area contributed by atoms with Crippen molar-refractivity contribution in [2.24, 2.45) is 11.3 Å². The summed E-state index contributed by atoms with van der Waals surface area (Å²) in [4.78, 5) is 0. The molecule has 1 aromatic carbocycles. The number of hydrogen-bond acceptors (Lipinski definition) is 1. The van der Waals surface area contributed by atoms with Crippen LogP contribution in [0.4, 0.5) is 0 Å². The van der Waals surface area contributed by atoms with Crippen LogP contribution in [0.25, 0.3) is 0 Å². The fourth-order valence-electron chi connectivity index (χ4n) is 2.06. The van der Waals surface area contributed by atoms with Gasteiger partial charge in [0.1, 0.15) is 0 Å². The van der Waals surface area contributed by atoms with E-state index in [1.165, 1.54) is 18.4 Å². The average molecular weight is 326 g/mol. The molecular weight excluding hydrogens is 298 g/mol. The van der Waals surface area contributed by atoms with Crippen molar-refractivity contribution in [1.29, 1.82) is 0 Å². The van der Waals surface area contributed by atoms with Gasteiger partial charge < -0.3 is 5.32 Å². The van der Waals surface area contributed by atoms with E-state index in [-0.39, 0.29) is 0 Å². The summed E-state index contributed by atoms with van der Waals surface area (Å²) in [5, 5.41) is 3.69. The third kappa shape index (κ3) is 5.66. The van der Waals surface area contributed by atoms with E-state index in [0.29, 0.717) is 17.4 Å². The smallest absolute Gasteiger partial charge is 0.0322 e. The summed E-state index contributed by atoms with van der Waals surface area (Å²) in [6.07, 6.45) is 2.36. The molecule has 19 heavy (non-hydrogen) atoms. The van der Waals surface area contributed by atoms with Crippen LogP contribution in [-0.2, 0) is 0 Å². The Labute approximate surface area is 127 Å². The minimum atomic E-state index is 0.363. The van der Waals surface area contributed by atoms with Crippen molar-refractivity contribution in [3.8, 4) is 0 Å². The normalized spacial score (nSPS) is 15.3. The molecule has 2 atom stereocenters. The van der Waals surface area contributed by atoms with Crippen LogP contribution in [0.5, 0.6) is 0 Å². The van der Waals surface area contributed by atoms with Crippen molar-refractivity contribution in [2.75, 3.05) is 6.54 Å². The van der Waals surface area contributed by atoms with Crippen molar-refractivity contribution in [2.45, 2.75) is 53.5 Å². The lowest BCUT2D eigenvalue weighted by Gasteiger charge is -2.31. The van der Waals surface area contributed by atoms with Crippen LogP contribution in [0.15, 0.2) is 28.7 Å². The van der Waals surface area contributed by atoms with Crippen LogP contribution in [0.2, 0.25) is 0 Å². The first-order valence-electron chi connectivity index (χ1n) is 7.33. The highest BCUT2D eigenvalue weighted by molar-refractivity contribution is 9.10. The molecule has 0 fully saturated rings. The van der Waals surface area contributed by atoms with E-state index in [9.17, 15) is 0 Å². The van der Waals surface area contributed by atoms with E-state index in [0.717, 1.165) is 11.0 Å². The Balaban J connectivity index is 2.79. The minimum Gasteiger partial charge on any atom is -0.310 e. The van der Waals surface area contributed by atoms with E-state index >= 15 is 0 Å². The van der Waals surface area contributed by atoms with Gasteiger partial charge in [0.25, 0.3) is 0 Å². The first-order valence-corrected chi connectivity index (χ1v) is 8.12.